The van der Waals surface area contributed by atoms with Crippen molar-refractivity contribution >= 4 is 27.3 Å². The van der Waals surface area contributed by atoms with E-state index in [0.29, 0.717) is 6.04 Å². The number of halogens is 1. The van der Waals surface area contributed by atoms with Crippen molar-refractivity contribution in [3.8, 4) is 0 Å². The molecule has 1 aromatic rings. The van der Waals surface area contributed by atoms with Crippen LogP contribution in [-0.4, -0.2) is 31.1 Å². The van der Waals surface area contributed by atoms with Gasteiger partial charge in [-0.05, 0) is 60.4 Å². The number of rotatable bonds is 7. The molecule has 1 atom stereocenters. The molecule has 0 amide bonds. The van der Waals surface area contributed by atoms with Crippen LogP contribution in [-0.2, 0) is 0 Å². The molecule has 0 aliphatic rings. The van der Waals surface area contributed by atoms with Crippen LogP contribution in [0.5, 0.6) is 0 Å². The van der Waals surface area contributed by atoms with Gasteiger partial charge in [0.2, 0.25) is 0 Å². The summed E-state index contributed by atoms with van der Waals surface area (Å²) in [5.74, 6) is 0. The predicted molar refractivity (Wildman–Crippen MR) is 85.4 cm³/mol. The van der Waals surface area contributed by atoms with Gasteiger partial charge in [0.15, 0.2) is 0 Å². The maximum Gasteiger partial charge on any atom is 0.0526 e. The van der Waals surface area contributed by atoms with E-state index in [4.69, 9.17) is 0 Å². The highest BCUT2D eigenvalue weighted by Gasteiger charge is 2.39. The molecule has 0 bridgehead atoms. The quantitative estimate of drug-likeness (QED) is 0.801. The Morgan fingerprint density at radius 3 is 2.22 bits per heavy atom. The Hall–Kier alpha value is 0.1000. The summed E-state index contributed by atoms with van der Waals surface area (Å²) in [6.45, 7) is 7.74. The van der Waals surface area contributed by atoms with E-state index < -0.39 is 0 Å². The number of hydrogen-bond acceptors (Lipinski definition) is 3. The van der Waals surface area contributed by atoms with Crippen LogP contribution in [0.25, 0.3) is 0 Å². The van der Waals surface area contributed by atoms with E-state index in [1.54, 1.807) is 11.3 Å². The molecule has 0 saturated carbocycles. The Bertz CT molecular complexity index is 358. The Morgan fingerprint density at radius 1 is 1.28 bits per heavy atom. The second-order valence-corrected chi connectivity index (χ2v) is 6.47. The van der Waals surface area contributed by atoms with Crippen molar-refractivity contribution in [2.24, 2.45) is 0 Å². The van der Waals surface area contributed by atoms with E-state index >= 15 is 0 Å². The minimum absolute atomic E-state index is 0.166. The zero-order chi connectivity index (χ0) is 13.8. The first-order valence-corrected chi connectivity index (χ1v) is 8.39. The Morgan fingerprint density at radius 2 is 1.89 bits per heavy atom. The molecule has 0 spiro atoms. The molecule has 0 saturated heterocycles. The fourth-order valence-corrected chi connectivity index (χ4v) is 4.39. The maximum atomic E-state index is 3.69. The monoisotopic (exact) mass is 332 g/mol. The topological polar surface area (TPSA) is 15.3 Å². The molecule has 0 aliphatic heterocycles. The van der Waals surface area contributed by atoms with Crippen molar-refractivity contribution in [2.75, 3.05) is 20.6 Å². The summed E-state index contributed by atoms with van der Waals surface area (Å²) in [4.78, 5) is 2.38. The van der Waals surface area contributed by atoms with Crippen LogP contribution < -0.4 is 5.32 Å². The molecule has 1 heterocycles. The van der Waals surface area contributed by atoms with Gasteiger partial charge in [-0.15, -0.1) is 0 Å². The number of hydrogen-bond donors (Lipinski definition) is 1. The largest absolute Gasteiger partial charge is 0.309 e. The third kappa shape index (κ3) is 2.98. The van der Waals surface area contributed by atoms with Crippen LogP contribution in [0.1, 0.15) is 45.2 Å². The molecule has 104 valence electrons. The van der Waals surface area contributed by atoms with Crippen molar-refractivity contribution in [1.29, 1.82) is 0 Å². The van der Waals surface area contributed by atoms with Gasteiger partial charge < -0.3 is 10.2 Å². The van der Waals surface area contributed by atoms with E-state index in [-0.39, 0.29) is 5.54 Å². The third-order valence-corrected chi connectivity index (χ3v) is 5.77. The van der Waals surface area contributed by atoms with Gasteiger partial charge in [-0.25, -0.2) is 0 Å². The van der Waals surface area contributed by atoms with E-state index in [9.17, 15) is 0 Å². The highest BCUT2D eigenvalue weighted by Crippen LogP contribution is 2.40. The Balaban J connectivity index is 3.21. The van der Waals surface area contributed by atoms with E-state index in [2.05, 4.69) is 71.8 Å². The average Bonchev–Trinajstić information content (AvgIpc) is 2.75. The molecule has 2 nitrogen and oxygen atoms in total. The first-order chi connectivity index (χ1) is 8.53. The molecule has 18 heavy (non-hydrogen) atoms. The maximum absolute atomic E-state index is 3.69. The summed E-state index contributed by atoms with van der Waals surface area (Å²) in [5.41, 5.74) is 1.55. The van der Waals surface area contributed by atoms with Crippen molar-refractivity contribution < 1.29 is 0 Å². The summed E-state index contributed by atoms with van der Waals surface area (Å²) < 4.78 is 1.23. The molecule has 1 N–H and O–H groups in total. The molecule has 0 aromatic carbocycles. The molecule has 0 radical (unpaired) electrons. The fourth-order valence-electron chi connectivity index (χ4n) is 2.84. The summed E-state index contributed by atoms with van der Waals surface area (Å²) >= 11 is 5.45. The van der Waals surface area contributed by atoms with Crippen molar-refractivity contribution in [2.45, 2.75) is 45.2 Å². The number of nitrogens with one attached hydrogen (secondary N) is 1. The van der Waals surface area contributed by atoms with Gasteiger partial charge in [-0.1, -0.05) is 20.8 Å². The van der Waals surface area contributed by atoms with E-state index in [0.717, 1.165) is 19.4 Å². The molecule has 1 aromatic heterocycles. The number of thiophene rings is 1. The van der Waals surface area contributed by atoms with Gasteiger partial charge >= 0.3 is 0 Å². The van der Waals surface area contributed by atoms with Crippen LogP contribution >= 0.6 is 27.3 Å². The lowest BCUT2D eigenvalue weighted by atomic mass is 9.80. The zero-order valence-corrected chi connectivity index (χ0v) is 14.5. The Labute approximate surface area is 124 Å². The summed E-state index contributed by atoms with van der Waals surface area (Å²) in [5, 5.41) is 8.12. The molecule has 0 fully saturated rings. The van der Waals surface area contributed by atoms with Gasteiger partial charge in [0, 0.05) is 15.4 Å². The summed E-state index contributed by atoms with van der Waals surface area (Å²) in [6.07, 6.45) is 2.27. The van der Waals surface area contributed by atoms with Crippen LogP contribution in [0, 0.1) is 0 Å². The van der Waals surface area contributed by atoms with Gasteiger partial charge in [0.1, 0.15) is 0 Å². The van der Waals surface area contributed by atoms with Crippen molar-refractivity contribution in [3.05, 3.63) is 20.8 Å². The van der Waals surface area contributed by atoms with Gasteiger partial charge in [-0.3, -0.25) is 0 Å². The SMILES string of the molecule is CCNC(c1cscc1Br)C(CC)(CC)N(C)C. The van der Waals surface area contributed by atoms with Crippen LogP contribution in [0.15, 0.2) is 15.2 Å². The molecule has 1 unspecified atom stereocenters. The molecule has 1 rings (SSSR count). The smallest absolute Gasteiger partial charge is 0.0526 e. The molecular formula is C14H25BrN2S. The normalized spacial score (nSPS) is 14.2. The average molecular weight is 333 g/mol. The highest BCUT2D eigenvalue weighted by atomic mass is 79.9. The summed E-state index contributed by atoms with van der Waals surface area (Å²) in [7, 11) is 4.38. The van der Waals surface area contributed by atoms with Crippen LogP contribution in [0.3, 0.4) is 0 Å². The highest BCUT2D eigenvalue weighted by molar-refractivity contribution is 9.10. The van der Waals surface area contributed by atoms with Crippen molar-refractivity contribution in [1.82, 2.24) is 10.2 Å². The third-order valence-electron chi connectivity index (χ3n) is 4.01. The minimum atomic E-state index is 0.166. The van der Waals surface area contributed by atoms with E-state index in [1.165, 1.54) is 10.0 Å². The lowest BCUT2D eigenvalue weighted by molar-refractivity contribution is 0.0888. The number of likely N-dealkylation sites (N-methyl/N-ethyl adjacent to an activating group) is 2. The second-order valence-electron chi connectivity index (χ2n) is 4.87. The minimum Gasteiger partial charge on any atom is -0.309 e. The molecule has 0 aliphatic carbocycles. The second kappa shape index (κ2) is 7.04. The van der Waals surface area contributed by atoms with E-state index in [1.807, 2.05) is 0 Å². The standard InChI is InChI=1S/C14H25BrN2S/c1-6-14(7-2,17(4)5)13(16-8-3)11-9-18-10-12(11)15/h9-10,13,16H,6-8H2,1-5H3. The zero-order valence-electron chi connectivity index (χ0n) is 12.1. The van der Waals surface area contributed by atoms with Crippen LogP contribution in [0.2, 0.25) is 0 Å². The molecular weight excluding hydrogens is 308 g/mol. The first-order valence-electron chi connectivity index (χ1n) is 6.65. The molecule has 4 heteroatoms. The lowest BCUT2D eigenvalue weighted by Gasteiger charge is -2.45. The first kappa shape index (κ1) is 16.2. The number of nitrogens with zero attached hydrogens (tertiary/aromatic N) is 1. The van der Waals surface area contributed by atoms with Crippen LogP contribution in [0.4, 0.5) is 0 Å². The fraction of sp³-hybridized carbons (Fsp3) is 0.714. The Kier molecular flexibility index (Phi) is 6.31. The predicted octanol–water partition coefficient (Wildman–Crippen LogP) is 4.28. The van der Waals surface area contributed by atoms with Gasteiger partial charge in [-0.2, -0.15) is 11.3 Å². The lowest BCUT2D eigenvalue weighted by Crippen LogP contribution is -2.53. The van der Waals surface area contributed by atoms with Gasteiger partial charge in [0.05, 0.1) is 6.04 Å². The van der Waals surface area contributed by atoms with Crippen molar-refractivity contribution in [3.63, 3.8) is 0 Å². The van der Waals surface area contributed by atoms with Gasteiger partial charge in [0.25, 0.3) is 0 Å². The summed E-state index contributed by atoms with van der Waals surface area (Å²) in [6, 6.07) is 0.369.